The van der Waals surface area contributed by atoms with Crippen LogP contribution >= 0.6 is 0 Å². The van der Waals surface area contributed by atoms with Crippen LogP contribution in [-0.2, 0) is 4.84 Å². The number of oxime groups is 1. The number of ether oxygens (including phenoxy) is 1. The lowest BCUT2D eigenvalue weighted by atomic mass is 10.0. The van der Waals surface area contributed by atoms with Gasteiger partial charge in [0.05, 0.1) is 7.11 Å². The first-order valence-corrected chi connectivity index (χ1v) is 5.66. The molecule has 3 heteroatoms. The van der Waals surface area contributed by atoms with Crippen LogP contribution in [0.25, 0.3) is 0 Å². The largest absolute Gasteiger partial charge is 0.497 e. The van der Waals surface area contributed by atoms with Gasteiger partial charge in [-0.25, -0.2) is 0 Å². The topological polar surface area (TPSA) is 30.8 Å². The molecule has 0 fully saturated rings. The van der Waals surface area contributed by atoms with Crippen molar-refractivity contribution >= 4 is 5.71 Å². The van der Waals surface area contributed by atoms with E-state index in [0.29, 0.717) is 0 Å². The monoisotopic (exact) mass is 241 g/mol. The first kappa shape index (κ1) is 12.2. The number of nitrogens with zero attached hydrogens (tertiary/aromatic N) is 1. The van der Waals surface area contributed by atoms with Gasteiger partial charge in [-0.3, -0.25) is 0 Å². The van der Waals surface area contributed by atoms with Crippen LogP contribution in [0.15, 0.2) is 59.8 Å². The predicted octanol–water partition coefficient (Wildman–Crippen LogP) is 3.09. The van der Waals surface area contributed by atoms with Crippen LogP contribution in [-0.4, -0.2) is 19.9 Å². The van der Waals surface area contributed by atoms with Crippen LogP contribution in [0, 0.1) is 0 Å². The lowest BCUT2D eigenvalue weighted by Crippen LogP contribution is -2.03. The summed E-state index contributed by atoms with van der Waals surface area (Å²) in [6, 6.07) is 17.7. The van der Waals surface area contributed by atoms with E-state index in [1.54, 1.807) is 14.2 Å². The van der Waals surface area contributed by atoms with Crippen LogP contribution < -0.4 is 4.74 Å². The van der Waals surface area contributed by atoms with Crippen LogP contribution in [0.2, 0.25) is 0 Å². The van der Waals surface area contributed by atoms with Crippen molar-refractivity contribution in [3.05, 3.63) is 65.7 Å². The first-order valence-electron chi connectivity index (χ1n) is 5.66. The van der Waals surface area contributed by atoms with Gasteiger partial charge in [0.1, 0.15) is 18.6 Å². The molecule has 0 heterocycles. The van der Waals surface area contributed by atoms with Crippen molar-refractivity contribution in [2.75, 3.05) is 14.2 Å². The molecular formula is C15H15NO2. The average molecular weight is 241 g/mol. The third kappa shape index (κ3) is 2.69. The third-order valence-corrected chi connectivity index (χ3v) is 2.59. The Morgan fingerprint density at radius 1 is 0.833 bits per heavy atom. The maximum atomic E-state index is 5.14. The number of benzene rings is 2. The molecule has 0 atom stereocenters. The molecule has 0 amide bonds. The van der Waals surface area contributed by atoms with Crippen molar-refractivity contribution < 1.29 is 9.57 Å². The molecule has 18 heavy (non-hydrogen) atoms. The van der Waals surface area contributed by atoms with Gasteiger partial charge in [-0.1, -0.05) is 35.5 Å². The normalized spacial score (nSPS) is 11.1. The van der Waals surface area contributed by atoms with Crippen LogP contribution in [0.1, 0.15) is 11.1 Å². The summed E-state index contributed by atoms with van der Waals surface area (Å²) in [5, 5.41) is 4.10. The molecule has 92 valence electrons. The van der Waals surface area contributed by atoms with Crippen molar-refractivity contribution in [2.45, 2.75) is 0 Å². The van der Waals surface area contributed by atoms with Gasteiger partial charge >= 0.3 is 0 Å². The van der Waals surface area contributed by atoms with E-state index in [-0.39, 0.29) is 0 Å². The van der Waals surface area contributed by atoms with Gasteiger partial charge in [0.15, 0.2) is 0 Å². The number of rotatable bonds is 4. The molecular weight excluding hydrogens is 226 g/mol. The Kier molecular flexibility index (Phi) is 3.97. The van der Waals surface area contributed by atoms with E-state index in [9.17, 15) is 0 Å². The lowest BCUT2D eigenvalue weighted by molar-refractivity contribution is 0.214. The average Bonchev–Trinajstić information content (AvgIpc) is 2.46. The van der Waals surface area contributed by atoms with Crippen LogP contribution in [0.5, 0.6) is 5.75 Å². The number of methoxy groups -OCH3 is 1. The second-order valence-corrected chi connectivity index (χ2v) is 3.72. The van der Waals surface area contributed by atoms with E-state index in [1.807, 2.05) is 54.6 Å². The van der Waals surface area contributed by atoms with Gasteiger partial charge in [0.2, 0.25) is 0 Å². The molecule has 0 saturated heterocycles. The van der Waals surface area contributed by atoms with Crippen molar-refractivity contribution in [1.29, 1.82) is 0 Å². The van der Waals surface area contributed by atoms with Gasteiger partial charge < -0.3 is 9.57 Å². The summed E-state index contributed by atoms with van der Waals surface area (Å²) in [5.41, 5.74) is 2.81. The van der Waals surface area contributed by atoms with Crippen molar-refractivity contribution in [2.24, 2.45) is 5.16 Å². The minimum absolute atomic E-state index is 0.806. The van der Waals surface area contributed by atoms with E-state index < -0.39 is 0 Å². The fourth-order valence-corrected chi connectivity index (χ4v) is 1.71. The highest BCUT2D eigenvalue weighted by Crippen LogP contribution is 2.16. The molecule has 0 N–H and O–H groups in total. The Morgan fingerprint density at radius 2 is 1.44 bits per heavy atom. The molecule has 0 spiro atoms. The maximum absolute atomic E-state index is 5.14. The van der Waals surface area contributed by atoms with E-state index in [4.69, 9.17) is 9.57 Å². The highest BCUT2D eigenvalue weighted by atomic mass is 16.6. The lowest BCUT2D eigenvalue weighted by Gasteiger charge is -2.07. The smallest absolute Gasteiger partial charge is 0.118 e. The third-order valence-electron chi connectivity index (χ3n) is 2.59. The Morgan fingerprint density at radius 3 is 2.00 bits per heavy atom. The zero-order valence-corrected chi connectivity index (χ0v) is 10.5. The Labute approximate surface area is 107 Å². The molecule has 0 aromatic heterocycles. The van der Waals surface area contributed by atoms with Crippen molar-refractivity contribution in [3.8, 4) is 5.75 Å². The van der Waals surface area contributed by atoms with Crippen molar-refractivity contribution in [1.82, 2.24) is 0 Å². The summed E-state index contributed by atoms with van der Waals surface area (Å²) >= 11 is 0. The van der Waals surface area contributed by atoms with E-state index in [2.05, 4.69) is 5.16 Å². The standard InChI is InChI=1S/C15H15NO2/c1-17-14-10-8-13(9-11-14)15(16-18-2)12-6-4-3-5-7-12/h3-11H,1-2H3/b16-15+. The zero-order valence-electron chi connectivity index (χ0n) is 10.5. The summed E-state index contributed by atoms with van der Waals surface area (Å²) in [5.74, 6) is 0.823. The van der Waals surface area contributed by atoms with E-state index in [1.165, 1.54) is 0 Å². The first-order chi connectivity index (χ1) is 8.85. The summed E-state index contributed by atoms with van der Waals surface area (Å²) in [7, 11) is 3.20. The minimum atomic E-state index is 0.806. The van der Waals surface area contributed by atoms with Gasteiger partial charge in [-0.2, -0.15) is 0 Å². The summed E-state index contributed by atoms with van der Waals surface area (Å²) < 4.78 is 5.14. The van der Waals surface area contributed by atoms with Gasteiger partial charge in [0, 0.05) is 11.1 Å². The van der Waals surface area contributed by atoms with Crippen LogP contribution in [0.3, 0.4) is 0 Å². The molecule has 2 aromatic carbocycles. The van der Waals surface area contributed by atoms with Crippen molar-refractivity contribution in [3.63, 3.8) is 0 Å². The fourth-order valence-electron chi connectivity index (χ4n) is 1.71. The summed E-state index contributed by atoms with van der Waals surface area (Å²) in [6.07, 6.45) is 0. The fraction of sp³-hybridized carbons (Fsp3) is 0.133. The molecule has 2 aromatic rings. The molecule has 0 saturated carbocycles. The molecule has 0 aliphatic rings. The summed E-state index contributed by atoms with van der Waals surface area (Å²) in [6.45, 7) is 0. The van der Waals surface area contributed by atoms with Gasteiger partial charge in [-0.05, 0) is 24.3 Å². The highest BCUT2D eigenvalue weighted by Gasteiger charge is 2.07. The molecule has 0 radical (unpaired) electrons. The van der Waals surface area contributed by atoms with Crippen LogP contribution in [0.4, 0.5) is 0 Å². The molecule has 0 aliphatic heterocycles. The minimum Gasteiger partial charge on any atom is -0.497 e. The second kappa shape index (κ2) is 5.87. The summed E-state index contributed by atoms with van der Waals surface area (Å²) in [4.78, 5) is 4.93. The zero-order chi connectivity index (χ0) is 12.8. The van der Waals surface area contributed by atoms with E-state index in [0.717, 1.165) is 22.6 Å². The molecule has 0 unspecified atom stereocenters. The molecule has 0 aliphatic carbocycles. The Hall–Kier alpha value is -2.29. The van der Waals surface area contributed by atoms with E-state index >= 15 is 0 Å². The van der Waals surface area contributed by atoms with Gasteiger partial charge in [-0.15, -0.1) is 0 Å². The molecule has 2 rings (SSSR count). The SMILES string of the molecule is CO/N=C(\c1ccccc1)c1ccc(OC)cc1. The second-order valence-electron chi connectivity index (χ2n) is 3.72. The Balaban J connectivity index is 2.39. The maximum Gasteiger partial charge on any atom is 0.118 e. The Bertz CT molecular complexity index is 518. The highest BCUT2D eigenvalue weighted by molar-refractivity contribution is 6.12. The quantitative estimate of drug-likeness (QED) is 0.608. The number of hydrogen-bond acceptors (Lipinski definition) is 3. The molecule has 3 nitrogen and oxygen atoms in total. The number of hydrogen-bond donors (Lipinski definition) is 0. The predicted molar refractivity (Wildman–Crippen MR) is 72.1 cm³/mol. The van der Waals surface area contributed by atoms with Gasteiger partial charge in [0.25, 0.3) is 0 Å². The molecule has 0 bridgehead atoms.